The van der Waals surface area contributed by atoms with Crippen LogP contribution in [-0.4, -0.2) is 36.2 Å². The van der Waals surface area contributed by atoms with E-state index >= 15 is 0 Å². The Morgan fingerprint density at radius 3 is 2.83 bits per heavy atom. The quantitative estimate of drug-likeness (QED) is 0.856. The molecular formula is C13H22N4O. The minimum Gasteiger partial charge on any atom is -0.477 e. The van der Waals surface area contributed by atoms with Crippen LogP contribution < -0.4 is 15.4 Å². The van der Waals surface area contributed by atoms with Crippen molar-refractivity contribution in [3.05, 3.63) is 12.4 Å². The summed E-state index contributed by atoms with van der Waals surface area (Å²) < 4.78 is 5.51. The molecule has 2 N–H and O–H groups in total. The molecule has 5 heteroatoms. The van der Waals surface area contributed by atoms with Gasteiger partial charge in [0.05, 0.1) is 19.0 Å². The number of ether oxygens (including phenoxy) is 1. The van der Waals surface area contributed by atoms with Gasteiger partial charge in [-0.2, -0.15) is 4.98 Å². The van der Waals surface area contributed by atoms with Crippen LogP contribution in [0.15, 0.2) is 12.4 Å². The third-order valence-corrected chi connectivity index (χ3v) is 3.33. The lowest BCUT2D eigenvalue weighted by Crippen LogP contribution is -2.36. The van der Waals surface area contributed by atoms with E-state index in [-0.39, 0.29) is 0 Å². The Morgan fingerprint density at radius 2 is 2.17 bits per heavy atom. The second-order valence-corrected chi connectivity index (χ2v) is 4.73. The van der Waals surface area contributed by atoms with E-state index in [0.717, 1.165) is 44.7 Å². The lowest BCUT2D eigenvalue weighted by Gasteiger charge is -2.32. The number of nitrogens with zero attached hydrogens (tertiary/aromatic N) is 3. The molecular weight excluding hydrogens is 228 g/mol. The number of anilines is 1. The molecule has 1 fully saturated rings. The van der Waals surface area contributed by atoms with Gasteiger partial charge in [-0.15, -0.1) is 0 Å². The zero-order chi connectivity index (χ0) is 12.8. The van der Waals surface area contributed by atoms with Gasteiger partial charge in [0.15, 0.2) is 5.82 Å². The highest BCUT2D eigenvalue weighted by Crippen LogP contribution is 2.21. The summed E-state index contributed by atoms with van der Waals surface area (Å²) in [5.74, 6) is 2.20. The third kappa shape index (κ3) is 3.32. The van der Waals surface area contributed by atoms with Gasteiger partial charge in [0, 0.05) is 13.1 Å². The van der Waals surface area contributed by atoms with Crippen LogP contribution in [-0.2, 0) is 0 Å². The molecule has 18 heavy (non-hydrogen) atoms. The van der Waals surface area contributed by atoms with Gasteiger partial charge < -0.3 is 15.4 Å². The van der Waals surface area contributed by atoms with Crippen LogP contribution in [0.25, 0.3) is 0 Å². The smallest absolute Gasteiger partial charge is 0.234 e. The summed E-state index contributed by atoms with van der Waals surface area (Å²) in [7, 11) is 0. The predicted molar refractivity (Wildman–Crippen MR) is 71.8 cm³/mol. The van der Waals surface area contributed by atoms with E-state index in [0.29, 0.717) is 18.4 Å². The number of rotatable bonds is 5. The van der Waals surface area contributed by atoms with Gasteiger partial charge in [-0.3, -0.25) is 4.98 Å². The largest absolute Gasteiger partial charge is 0.477 e. The Kier molecular flexibility index (Phi) is 4.75. The highest BCUT2D eigenvalue weighted by molar-refractivity contribution is 5.37. The second-order valence-electron chi connectivity index (χ2n) is 4.73. The van der Waals surface area contributed by atoms with Crippen LogP contribution in [0.2, 0.25) is 0 Å². The van der Waals surface area contributed by atoms with E-state index in [1.165, 1.54) is 0 Å². The van der Waals surface area contributed by atoms with Crippen molar-refractivity contribution in [3.63, 3.8) is 0 Å². The van der Waals surface area contributed by atoms with Crippen LogP contribution in [0.3, 0.4) is 0 Å². The van der Waals surface area contributed by atoms with Crippen molar-refractivity contribution in [3.8, 4) is 5.88 Å². The molecule has 1 aromatic rings. The normalized spacial score (nSPS) is 16.9. The first-order valence-electron chi connectivity index (χ1n) is 6.73. The highest BCUT2D eigenvalue weighted by atomic mass is 16.5. The topological polar surface area (TPSA) is 64.3 Å². The van der Waals surface area contributed by atoms with Gasteiger partial charge in [-0.1, -0.05) is 6.92 Å². The molecule has 1 saturated heterocycles. The Bertz CT molecular complexity index is 364. The van der Waals surface area contributed by atoms with Crippen molar-refractivity contribution in [2.45, 2.75) is 26.2 Å². The average molecular weight is 250 g/mol. The molecule has 0 unspecified atom stereocenters. The van der Waals surface area contributed by atoms with E-state index < -0.39 is 0 Å². The lowest BCUT2D eigenvalue weighted by atomic mass is 9.97. The molecule has 1 aromatic heterocycles. The lowest BCUT2D eigenvalue weighted by molar-refractivity contribution is 0.303. The Hall–Kier alpha value is -1.36. The molecule has 0 bridgehead atoms. The number of hydrogen-bond acceptors (Lipinski definition) is 5. The van der Waals surface area contributed by atoms with Crippen molar-refractivity contribution >= 4 is 5.82 Å². The summed E-state index contributed by atoms with van der Waals surface area (Å²) in [6.45, 7) is 5.57. The molecule has 0 atom stereocenters. The minimum atomic E-state index is 0.621. The molecule has 5 nitrogen and oxygen atoms in total. The molecule has 100 valence electrons. The highest BCUT2D eigenvalue weighted by Gasteiger charge is 2.19. The number of hydrogen-bond donors (Lipinski definition) is 1. The van der Waals surface area contributed by atoms with Crippen LogP contribution in [0.4, 0.5) is 5.82 Å². The summed E-state index contributed by atoms with van der Waals surface area (Å²) in [5.41, 5.74) is 5.70. The van der Waals surface area contributed by atoms with Crippen molar-refractivity contribution in [1.29, 1.82) is 0 Å². The number of aromatic nitrogens is 2. The van der Waals surface area contributed by atoms with E-state index in [9.17, 15) is 0 Å². The van der Waals surface area contributed by atoms with Gasteiger partial charge in [0.25, 0.3) is 0 Å². The molecule has 0 saturated carbocycles. The van der Waals surface area contributed by atoms with Gasteiger partial charge in [-0.05, 0) is 31.7 Å². The van der Waals surface area contributed by atoms with Gasteiger partial charge in [0.1, 0.15) is 0 Å². The Morgan fingerprint density at radius 1 is 1.39 bits per heavy atom. The van der Waals surface area contributed by atoms with Crippen LogP contribution >= 0.6 is 0 Å². The molecule has 0 aromatic carbocycles. The van der Waals surface area contributed by atoms with Crippen molar-refractivity contribution in [2.75, 3.05) is 31.1 Å². The first-order chi connectivity index (χ1) is 8.83. The first-order valence-corrected chi connectivity index (χ1v) is 6.73. The molecule has 2 heterocycles. The molecule has 1 aliphatic heterocycles. The monoisotopic (exact) mass is 250 g/mol. The maximum atomic E-state index is 5.70. The fourth-order valence-corrected chi connectivity index (χ4v) is 2.16. The minimum absolute atomic E-state index is 0.621. The van der Waals surface area contributed by atoms with E-state index in [4.69, 9.17) is 10.5 Å². The summed E-state index contributed by atoms with van der Waals surface area (Å²) in [6, 6.07) is 0. The number of piperidine rings is 1. The average Bonchev–Trinajstić information content (AvgIpc) is 2.45. The number of nitrogens with two attached hydrogens (primary N) is 1. The second kappa shape index (κ2) is 6.54. The first kappa shape index (κ1) is 13.1. The molecule has 0 aliphatic carbocycles. The summed E-state index contributed by atoms with van der Waals surface area (Å²) >= 11 is 0. The summed E-state index contributed by atoms with van der Waals surface area (Å²) in [4.78, 5) is 11.0. The zero-order valence-corrected chi connectivity index (χ0v) is 11.0. The standard InChI is InChI=1S/C13H22N4O/c1-2-7-18-13-10-15-9-12(16-13)17-5-3-11(8-14)4-6-17/h9-11H,2-8,14H2,1H3. The van der Waals surface area contributed by atoms with E-state index in [1.807, 2.05) is 6.20 Å². The van der Waals surface area contributed by atoms with Gasteiger partial charge in [0.2, 0.25) is 5.88 Å². The Balaban J connectivity index is 1.96. The van der Waals surface area contributed by atoms with Crippen molar-refractivity contribution in [1.82, 2.24) is 9.97 Å². The maximum absolute atomic E-state index is 5.70. The van der Waals surface area contributed by atoms with Crippen LogP contribution in [0, 0.1) is 5.92 Å². The summed E-state index contributed by atoms with van der Waals surface area (Å²) in [6.07, 6.45) is 6.73. The zero-order valence-electron chi connectivity index (χ0n) is 11.0. The molecule has 0 radical (unpaired) electrons. The van der Waals surface area contributed by atoms with Crippen molar-refractivity contribution in [2.24, 2.45) is 11.7 Å². The maximum Gasteiger partial charge on any atom is 0.234 e. The van der Waals surface area contributed by atoms with Gasteiger partial charge in [-0.25, -0.2) is 0 Å². The third-order valence-electron chi connectivity index (χ3n) is 3.33. The molecule has 0 amide bonds. The van der Waals surface area contributed by atoms with Crippen LogP contribution in [0.5, 0.6) is 5.88 Å². The fourth-order valence-electron chi connectivity index (χ4n) is 2.16. The van der Waals surface area contributed by atoms with E-state index in [2.05, 4.69) is 21.8 Å². The van der Waals surface area contributed by atoms with Gasteiger partial charge >= 0.3 is 0 Å². The Labute approximate surface area is 108 Å². The molecule has 0 spiro atoms. The molecule has 1 aliphatic rings. The predicted octanol–water partition coefficient (Wildman–Crippen LogP) is 1.44. The van der Waals surface area contributed by atoms with E-state index in [1.54, 1.807) is 6.20 Å². The SMILES string of the molecule is CCCOc1cncc(N2CCC(CN)CC2)n1. The van der Waals surface area contributed by atoms with Crippen molar-refractivity contribution < 1.29 is 4.74 Å². The molecule has 2 rings (SSSR count). The van der Waals surface area contributed by atoms with Crippen LogP contribution in [0.1, 0.15) is 26.2 Å². The summed E-state index contributed by atoms with van der Waals surface area (Å²) in [5, 5.41) is 0. The fraction of sp³-hybridized carbons (Fsp3) is 0.692.